The first-order chi connectivity index (χ1) is 24.2. The van der Waals surface area contributed by atoms with Gasteiger partial charge in [-0.15, -0.1) is 6.58 Å². The SMILES string of the molecule is C=CCC(C(N)=O)C(CC(C)C)C(=O)NC1CN(c2ccccc2)c2ccccc2N(Cc2cccc(-c3ccc4ccccc4c3)c2)C1=O. The van der Waals surface area contributed by atoms with Crippen LogP contribution in [0.25, 0.3) is 21.9 Å². The normalized spacial score (nSPS) is 15.7. The summed E-state index contributed by atoms with van der Waals surface area (Å²) in [5.41, 5.74) is 11.4. The number of hydrogen-bond acceptors (Lipinski definition) is 4. The third-order valence-electron chi connectivity index (χ3n) is 9.46. The van der Waals surface area contributed by atoms with Crippen LogP contribution in [-0.4, -0.2) is 30.3 Å². The molecule has 7 heteroatoms. The van der Waals surface area contributed by atoms with E-state index in [9.17, 15) is 14.4 Å². The van der Waals surface area contributed by atoms with Crippen LogP contribution in [0.4, 0.5) is 17.1 Å². The molecule has 1 aliphatic rings. The van der Waals surface area contributed by atoms with E-state index < -0.39 is 23.8 Å². The second kappa shape index (κ2) is 15.2. The molecule has 3 amide bonds. The van der Waals surface area contributed by atoms with E-state index in [2.05, 4.69) is 59.3 Å². The molecule has 0 aliphatic carbocycles. The third-order valence-corrected chi connectivity index (χ3v) is 9.46. The first kappa shape index (κ1) is 34.2. The molecule has 5 aromatic rings. The maximum atomic E-state index is 14.8. The van der Waals surface area contributed by atoms with E-state index in [-0.39, 0.29) is 30.7 Å². The van der Waals surface area contributed by atoms with Crippen LogP contribution in [-0.2, 0) is 20.9 Å². The number of fused-ring (bicyclic) bond motifs is 2. The summed E-state index contributed by atoms with van der Waals surface area (Å²) in [7, 11) is 0. The molecule has 3 atom stereocenters. The summed E-state index contributed by atoms with van der Waals surface area (Å²) < 4.78 is 0. The zero-order chi connectivity index (χ0) is 35.2. The molecular weight excluding hydrogens is 620 g/mol. The number of nitrogens with two attached hydrogens (primary N) is 1. The van der Waals surface area contributed by atoms with Crippen LogP contribution < -0.4 is 20.9 Å². The number of nitrogens with one attached hydrogen (secondary N) is 1. The highest BCUT2D eigenvalue weighted by Gasteiger charge is 2.39. The van der Waals surface area contributed by atoms with Gasteiger partial charge in [-0.2, -0.15) is 0 Å². The van der Waals surface area contributed by atoms with Gasteiger partial charge in [0.25, 0.3) is 5.91 Å². The Hall–Kier alpha value is -5.69. The van der Waals surface area contributed by atoms with Gasteiger partial charge in [0.15, 0.2) is 0 Å². The van der Waals surface area contributed by atoms with Gasteiger partial charge in [-0.25, -0.2) is 0 Å². The van der Waals surface area contributed by atoms with Crippen LogP contribution in [0.5, 0.6) is 0 Å². The van der Waals surface area contributed by atoms with Crippen molar-refractivity contribution in [2.45, 2.75) is 39.3 Å². The van der Waals surface area contributed by atoms with Crippen molar-refractivity contribution in [3.05, 3.63) is 140 Å². The summed E-state index contributed by atoms with van der Waals surface area (Å²) in [4.78, 5) is 45.4. The Labute approximate surface area is 294 Å². The van der Waals surface area contributed by atoms with Crippen LogP contribution in [0.1, 0.15) is 32.3 Å². The number of anilines is 3. The van der Waals surface area contributed by atoms with Crippen molar-refractivity contribution < 1.29 is 14.4 Å². The fourth-order valence-electron chi connectivity index (χ4n) is 7.01. The summed E-state index contributed by atoms with van der Waals surface area (Å²) in [6.07, 6.45) is 2.34. The van der Waals surface area contributed by atoms with Gasteiger partial charge in [0.1, 0.15) is 6.04 Å². The van der Waals surface area contributed by atoms with Gasteiger partial charge in [0.05, 0.1) is 36.3 Å². The van der Waals surface area contributed by atoms with Crippen LogP contribution in [0.2, 0.25) is 0 Å². The second-order valence-electron chi connectivity index (χ2n) is 13.5. The standard InChI is InChI=1S/C43H44N4O3/c1-4-13-36(41(44)48)37(24-29(2)3)42(49)45-38-28-46(35-18-6-5-7-19-35)39-20-10-11-21-40(39)47(43(38)50)27-30-14-12-17-32(25-30)34-23-22-31-15-8-9-16-33(31)26-34/h4-12,14-23,25-26,29,36-38H,1,13,24,27-28H2,2-3H3,(H2,44,48)(H,45,49). The van der Waals surface area contributed by atoms with Gasteiger partial charge in [-0.1, -0.05) is 105 Å². The predicted molar refractivity (Wildman–Crippen MR) is 203 cm³/mol. The molecule has 0 saturated heterocycles. The van der Waals surface area contributed by atoms with Crippen molar-refractivity contribution in [1.29, 1.82) is 0 Å². The quantitative estimate of drug-likeness (QED) is 0.132. The number of rotatable bonds is 12. The molecule has 3 N–H and O–H groups in total. The molecule has 0 saturated carbocycles. The molecule has 0 spiro atoms. The average Bonchev–Trinajstić information content (AvgIpc) is 3.24. The number of nitrogens with zero attached hydrogens (tertiary/aromatic N) is 2. The van der Waals surface area contributed by atoms with Gasteiger partial charge in [0.2, 0.25) is 11.8 Å². The summed E-state index contributed by atoms with van der Waals surface area (Å²) in [6, 6.07) is 39.8. The number of carbonyl (C=O) groups excluding carboxylic acids is 3. The topological polar surface area (TPSA) is 95.7 Å². The number of para-hydroxylation sites is 3. The van der Waals surface area contributed by atoms with Gasteiger partial charge < -0.3 is 20.9 Å². The molecule has 0 bridgehead atoms. The Morgan fingerprint density at radius 3 is 2.22 bits per heavy atom. The lowest BCUT2D eigenvalue weighted by Crippen LogP contribution is -2.54. The van der Waals surface area contributed by atoms with Crippen molar-refractivity contribution in [1.82, 2.24) is 5.32 Å². The molecule has 5 aromatic carbocycles. The highest BCUT2D eigenvalue weighted by molar-refractivity contribution is 6.04. The van der Waals surface area contributed by atoms with Gasteiger partial charge in [0, 0.05) is 5.69 Å². The maximum Gasteiger partial charge on any atom is 0.251 e. The number of primary amides is 1. The predicted octanol–water partition coefficient (Wildman–Crippen LogP) is 8.02. The largest absolute Gasteiger partial charge is 0.369 e. The highest BCUT2D eigenvalue weighted by Crippen LogP contribution is 2.38. The van der Waals surface area contributed by atoms with Gasteiger partial charge in [-0.3, -0.25) is 14.4 Å². The Bertz CT molecular complexity index is 2010. The summed E-state index contributed by atoms with van der Waals surface area (Å²) >= 11 is 0. The van der Waals surface area contributed by atoms with E-state index in [0.717, 1.165) is 39.1 Å². The van der Waals surface area contributed by atoms with E-state index in [1.54, 1.807) is 11.0 Å². The number of allylic oxidation sites excluding steroid dienone is 1. The minimum absolute atomic E-state index is 0.124. The molecule has 1 aliphatic heterocycles. The van der Waals surface area contributed by atoms with Crippen LogP contribution in [0, 0.1) is 17.8 Å². The zero-order valence-corrected chi connectivity index (χ0v) is 28.7. The first-order valence-electron chi connectivity index (χ1n) is 17.2. The minimum atomic E-state index is -0.911. The second-order valence-corrected chi connectivity index (χ2v) is 13.5. The highest BCUT2D eigenvalue weighted by atomic mass is 16.2. The van der Waals surface area contributed by atoms with E-state index in [0.29, 0.717) is 13.0 Å². The summed E-state index contributed by atoms with van der Waals surface area (Å²) in [6.45, 7) is 8.30. The smallest absolute Gasteiger partial charge is 0.251 e. The van der Waals surface area contributed by atoms with Crippen molar-refractivity contribution in [2.75, 3.05) is 16.3 Å². The fourth-order valence-corrected chi connectivity index (χ4v) is 7.01. The summed E-state index contributed by atoms with van der Waals surface area (Å²) in [5, 5.41) is 5.44. The first-order valence-corrected chi connectivity index (χ1v) is 17.2. The molecule has 3 unspecified atom stereocenters. The van der Waals surface area contributed by atoms with Crippen molar-refractivity contribution >= 4 is 45.6 Å². The Morgan fingerprint density at radius 2 is 1.50 bits per heavy atom. The molecule has 0 aromatic heterocycles. The van der Waals surface area contributed by atoms with Crippen molar-refractivity contribution in [2.24, 2.45) is 23.5 Å². The average molecular weight is 665 g/mol. The Kier molecular flexibility index (Phi) is 10.4. The number of carbonyl (C=O) groups is 3. The van der Waals surface area contributed by atoms with Crippen LogP contribution >= 0.6 is 0 Å². The molecule has 7 nitrogen and oxygen atoms in total. The fraction of sp³-hybridized carbons (Fsp3) is 0.233. The van der Waals surface area contributed by atoms with Gasteiger partial charge >= 0.3 is 0 Å². The molecule has 254 valence electrons. The lowest BCUT2D eigenvalue weighted by Gasteiger charge is -2.30. The Balaban J connectivity index is 1.39. The molecule has 50 heavy (non-hydrogen) atoms. The molecular formula is C43H44N4O3. The molecule has 0 fully saturated rings. The number of hydrogen-bond donors (Lipinski definition) is 2. The third kappa shape index (κ3) is 7.47. The zero-order valence-electron chi connectivity index (χ0n) is 28.7. The molecule has 6 rings (SSSR count). The number of benzene rings is 5. The lowest BCUT2D eigenvalue weighted by molar-refractivity contribution is -0.135. The van der Waals surface area contributed by atoms with Crippen molar-refractivity contribution in [3.63, 3.8) is 0 Å². The van der Waals surface area contributed by atoms with E-state index >= 15 is 0 Å². The van der Waals surface area contributed by atoms with Crippen molar-refractivity contribution in [3.8, 4) is 11.1 Å². The maximum absolute atomic E-state index is 14.8. The Morgan fingerprint density at radius 1 is 0.820 bits per heavy atom. The monoisotopic (exact) mass is 664 g/mol. The van der Waals surface area contributed by atoms with E-state index in [1.165, 1.54) is 5.39 Å². The number of amides is 3. The summed E-state index contributed by atoms with van der Waals surface area (Å²) in [5.74, 6) is -2.46. The van der Waals surface area contributed by atoms with Crippen LogP contribution in [0.3, 0.4) is 0 Å². The molecule has 1 heterocycles. The lowest BCUT2D eigenvalue weighted by atomic mass is 9.82. The van der Waals surface area contributed by atoms with E-state index in [4.69, 9.17) is 5.73 Å². The van der Waals surface area contributed by atoms with E-state index in [1.807, 2.05) is 92.7 Å². The van der Waals surface area contributed by atoms with Crippen LogP contribution in [0.15, 0.2) is 134 Å². The van der Waals surface area contributed by atoms with Gasteiger partial charge in [-0.05, 0) is 82.6 Å². The minimum Gasteiger partial charge on any atom is -0.369 e. The molecule has 0 radical (unpaired) electrons.